The van der Waals surface area contributed by atoms with Crippen molar-refractivity contribution in [1.29, 1.82) is 0 Å². The number of hydrogen-bond acceptors (Lipinski definition) is 2. The Labute approximate surface area is 233 Å². The van der Waals surface area contributed by atoms with Crippen molar-refractivity contribution in [1.82, 2.24) is 0 Å². The van der Waals surface area contributed by atoms with Gasteiger partial charge < -0.3 is 4.74 Å². The van der Waals surface area contributed by atoms with Crippen LogP contribution in [0, 0.1) is 51.8 Å². The average molecular weight is 519 g/mol. The van der Waals surface area contributed by atoms with E-state index < -0.39 is 0 Å². The summed E-state index contributed by atoms with van der Waals surface area (Å²) in [4.78, 5) is 13.0. The molecule has 0 amide bonds. The second kappa shape index (κ2) is 10.4. The standard InChI is InChI=1S/C36H54O2/c1-24(2)12-11-13-25(3)28-17-18-29-27-16-19-31-34(4,5)32(38-33(37)26-14-9-8-10-15-26)21-23-36(31,7)30(27)20-22-35(28,29)6/h8-10,14-15,18,24-25,27-28,30-32H,11-13,16-17,19-23H2,1-7H3/t25-,27+,28+,30+,31+,32+,35-,36-/m1/s1. The molecule has 0 unspecified atom stereocenters. The van der Waals surface area contributed by atoms with Gasteiger partial charge in [-0.3, -0.25) is 0 Å². The Morgan fingerprint density at radius 1 is 0.947 bits per heavy atom. The molecule has 2 heteroatoms. The SMILES string of the molecule is CC(C)CCC[C@@H](C)[C@@H]1CC=C2[C@@H]3CC[C@H]4C(C)(C)[C@@H](OC(=O)c5ccccc5)CC[C@]4(C)[C@H]3CC[C@@]21C. The quantitative estimate of drug-likeness (QED) is 0.265. The lowest BCUT2D eigenvalue weighted by Crippen LogP contribution is -2.58. The van der Waals surface area contributed by atoms with Crippen LogP contribution in [0.3, 0.4) is 0 Å². The van der Waals surface area contributed by atoms with E-state index in [4.69, 9.17) is 4.74 Å². The van der Waals surface area contributed by atoms with Crippen molar-refractivity contribution in [3.8, 4) is 0 Å². The molecule has 0 spiro atoms. The van der Waals surface area contributed by atoms with Gasteiger partial charge in [0.2, 0.25) is 0 Å². The van der Waals surface area contributed by atoms with Crippen molar-refractivity contribution < 1.29 is 9.53 Å². The topological polar surface area (TPSA) is 26.3 Å². The molecule has 38 heavy (non-hydrogen) atoms. The fourth-order valence-corrected chi connectivity index (χ4v) is 10.3. The van der Waals surface area contributed by atoms with E-state index in [1.54, 1.807) is 0 Å². The van der Waals surface area contributed by atoms with Gasteiger partial charge in [-0.25, -0.2) is 4.79 Å². The molecule has 0 N–H and O–H groups in total. The van der Waals surface area contributed by atoms with Gasteiger partial charge >= 0.3 is 5.97 Å². The van der Waals surface area contributed by atoms with Crippen LogP contribution < -0.4 is 0 Å². The van der Waals surface area contributed by atoms with Gasteiger partial charge in [0.05, 0.1) is 5.56 Å². The summed E-state index contributed by atoms with van der Waals surface area (Å²) in [6.45, 7) is 17.3. The van der Waals surface area contributed by atoms with E-state index in [-0.39, 0.29) is 17.5 Å². The summed E-state index contributed by atoms with van der Waals surface area (Å²) in [5, 5.41) is 0. The van der Waals surface area contributed by atoms with E-state index in [9.17, 15) is 4.79 Å². The first-order valence-electron chi connectivity index (χ1n) is 15.9. The molecule has 3 fully saturated rings. The van der Waals surface area contributed by atoms with Crippen LogP contribution >= 0.6 is 0 Å². The summed E-state index contributed by atoms with van der Waals surface area (Å²) in [7, 11) is 0. The van der Waals surface area contributed by atoms with Gasteiger partial charge in [0.25, 0.3) is 0 Å². The number of esters is 1. The average Bonchev–Trinajstić information content (AvgIpc) is 3.23. The predicted octanol–water partition coefficient (Wildman–Crippen LogP) is 9.89. The van der Waals surface area contributed by atoms with E-state index in [2.05, 4.69) is 54.5 Å². The predicted molar refractivity (Wildman–Crippen MR) is 158 cm³/mol. The number of ether oxygens (including phenoxy) is 1. The van der Waals surface area contributed by atoms with Gasteiger partial charge in [0, 0.05) is 5.41 Å². The Morgan fingerprint density at radius 3 is 2.39 bits per heavy atom. The molecule has 0 aliphatic heterocycles. The van der Waals surface area contributed by atoms with Crippen molar-refractivity contribution in [2.24, 2.45) is 51.8 Å². The molecule has 4 aliphatic rings. The number of hydrogen-bond donors (Lipinski definition) is 0. The van der Waals surface area contributed by atoms with Crippen LogP contribution in [0.1, 0.15) is 123 Å². The Morgan fingerprint density at radius 2 is 1.68 bits per heavy atom. The second-order valence-corrected chi connectivity index (χ2v) is 15.2. The van der Waals surface area contributed by atoms with Crippen LogP contribution in [0.4, 0.5) is 0 Å². The van der Waals surface area contributed by atoms with E-state index >= 15 is 0 Å². The number of carbonyl (C=O) groups excluding carboxylic acids is 1. The Bertz CT molecular complexity index is 1020. The Balaban J connectivity index is 1.29. The van der Waals surface area contributed by atoms with Crippen molar-refractivity contribution in [3.63, 3.8) is 0 Å². The summed E-state index contributed by atoms with van der Waals surface area (Å²) >= 11 is 0. The van der Waals surface area contributed by atoms with Crippen molar-refractivity contribution in [2.75, 3.05) is 0 Å². The summed E-state index contributed by atoms with van der Waals surface area (Å²) in [6, 6.07) is 9.55. The number of fused-ring (bicyclic) bond motifs is 5. The van der Waals surface area contributed by atoms with Crippen LogP contribution in [0.15, 0.2) is 42.0 Å². The minimum Gasteiger partial charge on any atom is -0.458 e. The Kier molecular flexibility index (Phi) is 7.69. The monoisotopic (exact) mass is 518 g/mol. The zero-order valence-electron chi connectivity index (χ0n) is 25.4. The molecule has 0 aromatic heterocycles. The molecule has 0 saturated heterocycles. The molecule has 1 aromatic carbocycles. The fourth-order valence-electron chi connectivity index (χ4n) is 10.3. The third-order valence-electron chi connectivity index (χ3n) is 12.4. The lowest BCUT2D eigenvalue weighted by atomic mass is 9.41. The summed E-state index contributed by atoms with van der Waals surface area (Å²) in [5.74, 6) is 4.48. The maximum Gasteiger partial charge on any atom is 0.338 e. The third kappa shape index (κ3) is 4.71. The largest absolute Gasteiger partial charge is 0.458 e. The number of benzene rings is 1. The fraction of sp³-hybridized carbons (Fsp3) is 0.750. The molecule has 4 aliphatic carbocycles. The zero-order chi connectivity index (χ0) is 27.3. The van der Waals surface area contributed by atoms with Crippen molar-refractivity contribution in [2.45, 2.75) is 119 Å². The van der Waals surface area contributed by atoms with E-state index in [1.807, 2.05) is 35.9 Å². The molecule has 5 rings (SSSR count). The van der Waals surface area contributed by atoms with Crippen LogP contribution in [-0.4, -0.2) is 12.1 Å². The number of carbonyl (C=O) groups is 1. The normalized spacial score (nSPS) is 38.5. The molecular weight excluding hydrogens is 464 g/mol. The van der Waals surface area contributed by atoms with Gasteiger partial charge in [-0.2, -0.15) is 0 Å². The number of rotatable bonds is 7. The summed E-state index contributed by atoms with van der Waals surface area (Å²) in [5.41, 5.74) is 3.28. The molecule has 1 aromatic rings. The Hall–Kier alpha value is -1.57. The molecular formula is C36H54O2. The molecule has 0 bridgehead atoms. The second-order valence-electron chi connectivity index (χ2n) is 15.2. The van der Waals surface area contributed by atoms with Gasteiger partial charge in [-0.1, -0.05) is 97.6 Å². The van der Waals surface area contributed by atoms with Gasteiger partial charge in [0.1, 0.15) is 6.10 Å². The van der Waals surface area contributed by atoms with Crippen LogP contribution in [-0.2, 0) is 4.74 Å². The molecule has 8 atom stereocenters. The minimum absolute atomic E-state index is 0.000419. The molecule has 3 saturated carbocycles. The van der Waals surface area contributed by atoms with Crippen molar-refractivity contribution >= 4 is 5.97 Å². The highest BCUT2D eigenvalue weighted by Crippen LogP contribution is 2.69. The van der Waals surface area contributed by atoms with Gasteiger partial charge in [-0.05, 0) is 103 Å². The lowest BCUT2D eigenvalue weighted by Gasteiger charge is -2.64. The minimum atomic E-state index is -0.154. The van der Waals surface area contributed by atoms with E-state index in [0.29, 0.717) is 22.3 Å². The van der Waals surface area contributed by atoms with Gasteiger partial charge in [-0.15, -0.1) is 0 Å². The molecule has 2 nitrogen and oxygen atoms in total. The highest BCUT2D eigenvalue weighted by molar-refractivity contribution is 5.89. The molecule has 0 radical (unpaired) electrons. The highest BCUT2D eigenvalue weighted by Gasteiger charge is 2.62. The van der Waals surface area contributed by atoms with Crippen LogP contribution in [0.2, 0.25) is 0 Å². The third-order valence-corrected chi connectivity index (χ3v) is 12.4. The van der Waals surface area contributed by atoms with Crippen LogP contribution in [0.5, 0.6) is 0 Å². The van der Waals surface area contributed by atoms with Gasteiger partial charge in [0.15, 0.2) is 0 Å². The van der Waals surface area contributed by atoms with E-state index in [0.717, 1.165) is 36.0 Å². The summed E-state index contributed by atoms with van der Waals surface area (Å²) in [6.07, 6.45) is 15.7. The highest BCUT2D eigenvalue weighted by atomic mass is 16.5. The molecule has 0 heterocycles. The van der Waals surface area contributed by atoms with E-state index in [1.165, 1.54) is 57.8 Å². The lowest BCUT2D eigenvalue weighted by molar-refractivity contribution is -0.158. The van der Waals surface area contributed by atoms with Crippen molar-refractivity contribution in [3.05, 3.63) is 47.5 Å². The number of allylic oxidation sites excluding steroid dienone is 2. The first-order chi connectivity index (χ1) is 18.0. The first kappa shape index (κ1) is 28.0. The maximum absolute atomic E-state index is 13.0. The van der Waals surface area contributed by atoms with Crippen LogP contribution in [0.25, 0.3) is 0 Å². The first-order valence-corrected chi connectivity index (χ1v) is 15.9. The zero-order valence-corrected chi connectivity index (χ0v) is 25.4. The summed E-state index contributed by atoms with van der Waals surface area (Å²) < 4.78 is 6.25. The maximum atomic E-state index is 13.0. The smallest absolute Gasteiger partial charge is 0.338 e. The molecule has 210 valence electrons.